The van der Waals surface area contributed by atoms with Gasteiger partial charge in [0.1, 0.15) is 5.75 Å². The molecule has 1 saturated heterocycles. The number of piperidine rings is 1. The lowest BCUT2D eigenvalue weighted by Gasteiger charge is -2.31. The van der Waals surface area contributed by atoms with E-state index in [9.17, 15) is 13.2 Å². The van der Waals surface area contributed by atoms with Gasteiger partial charge in [-0.3, -0.25) is 4.79 Å². The first-order valence-corrected chi connectivity index (χ1v) is 10.4. The molecule has 1 aliphatic rings. The van der Waals surface area contributed by atoms with Gasteiger partial charge in [-0.1, -0.05) is 23.7 Å². The summed E-state index contributed by atoms with van der Waals surface area (Å²) in [6.07, 6.45) is 1.09. The Balaban J connectivity index is 1.61. The third kappa shape index (κ3) is 4.43. The van der Waals surface area contributed by atoms with Gasteiger partial charge in [-0.05, 0) is 49.2 Å². The molecule has 0 aliphatic carbocycles. The van der Waals surface area contributed by atoms with Crippen LogP contribution in [0.25, 0.3) is 0 Å². The second-order valence-corrected chi connectivity index (χ2v) is 8.65. The highest BCUT2D eigenvalue weighted by atomic mass is 35.5. The van der Waals surface area contributed by atoms with Gasteiger partial charge in [-0.2, -0.15) is 4.31 Å². The van der Waals surface area contributed by atoms with E-state index in [2.05, 4.69) is 5.32 Å². The number of sulfonamides is 1. The van der Waals surface area contributed by atoms with Gasteiger partial charge in [0.05, 0.1) is 22.6 Å². The molecule has 1 N–H and O–H groups in total. The number of halogens is 1. The van der Waals surface area contributed by atoms with Crippen LogP contribution in [0.15, 0.2) is 53.4 Å². The minimum Gasteiger partial charge on any atom is -0.497 e. The first kappa shape index (κ1) is 19.7. The van der Waals surface area contributed by atoms with E-state index in [0.29, 0.717) is 42.3 Å². The zero-order valence-corrected chi connectivity index (χ0v) is 16.5. The van der Waals surface area contributed by atoms with E-state index in [-0.39, 0.29) is 16.8 Å². The van der Waals surface area contributed by atoms with Gasteiger partial charge in [0.2, 0.25) is 10.0 Å². The Hall–Kier alpha value is -2.09. The number of carbonyl (C=O) groups is 1. The molecular formula is C19H21ClN2O4S. The average molecular weight is 409 g/mol. The fraction of sp³-hybridized carbons (Fsp3) is 0.316. The highest BCUT2D eigenvalue weighted by Gasteiger charge is 2.30. The number of amides is 1. The highest BCUT2D eigenvalue weighted by Crippen LogP contribution is 2.23. The first-order chi connectivity index (χ1) is 12.9. The summed E-state index contributed by atoms with van der Waals surface area (Å²) in [5, 5.41) is 3.34. The van der Waals surface area contributed by atoms with Crippen LogP contribution in [0.4, 0.5) is 0 Å². The molecule has 0 unspecified atom stereocenters. The van der Waals surface area contributed by atoms with E-state index in [0.717, 1.165) is 0 Å². The number of benzene rings is 2. The van der Waals surface area contributed by atoms with Gasteiger partial charge >= 0.3 is 0 Å². The van der Waals surface area contributed by atoms with E-state index in [4.69, 9.17) is 16.3 Å². The molecule has 0 radical (unpaired) electrons. The van der Waals surface area contributed by atoms with Gasteiger partial charge in [-0.25, -0.2) is 8.42 Å². The molecule has 1 amide bonds. The summed E-state index contributed by atoms with van der Waals surface area (Å²) in [6, 6.07) is 13.1. The van der Waals surface area contributed by atoms with Gasteiger partial charge in [0.25, 0.3) is 5.91 Å². The second-order valence-electron chi connectivity index (χ2n) is 6.31. The van der Waals surface area contributed by atoms with Crippen molar-refractivity contribution in [3.8, 4) is 5.75 Å². The second kappa shape index (κ2) is 8.29. The van der Waals surface area contributed by atoms with E-state index < -0.39 is 10.0 Å². The number of hydrogen-bond acceptors (Lipinski definition) is 4. The van der Waals surface area contributed by atoms with Crippen LogP contribution in [0.3, 0.4) is 0 Å². The maximum absolute atomic E-state index is 12.8. The number of methoxy groups -OCH3 is 1. The summed E-state index contributed by atoms with van der Waals surface area (Å²) in [4.78, 5) is 12.6. The molecule has 144 valence electrons. The Morgan fingerprint density at radius 1 is 1.11 bits per heavy atom. The fourth-order valence-electron chi connectivity index (χ4n) is 3.05. The molecule has 0 aromatic heterocycles. The van der Waals surface area contributed by atoms with Crippen molar-refractivity contribution in [2.24, 2.45) is 0 Å². The van der Waals surface area contributed by atoms with Gasteiger partial charge in [-0.15, -0.1) is 0 Å². The molecule has 1 heterocycles. The number of nitrogens with zero attached hydrogens (tertiary/aromatic N) is 1. The zero-order chi connectivity index (χ0) is 19.4. The van der Waals surface area contributed by atoms with Crippen LogP contribution in [-0.2, 0) is 10.0 Å². The lowest BCUT2D eigenvalue weighted by atomic mass is 10.1. The minimum atomic E-state index is -3.55. The van der Waals surface area contributed by atoms with Gasteiger partial charge in [0.15, 0.2) is 0 Å². The molecule has 6 nitrogen and oxygen atoms in total. The maximum Gasteiger partial charge on any atom is 0.253 e. The summed E-state index contributed by atoms with van der Waals surface area (Å²) in [7, 11) is -2.02. The average Bonchev–Trinajstić information content (AvgIpc) is 2.68. The van der Waals surface area contributed by atoms with E-state index in [1.165, 1.54) is 11.4 Å². The van der Waals surface area contributed by atoms with Crippen LogP contribution >= 0.6 is 11.6 Å². The summed E-state index contributed by atoms with van der Waals surface area (Å²) in [5.41, 5.74) is 0.424. The van der Waals surface area contributed by atoms with E-state index in [1.807, 2.05) is 0 Å². The molecule has 2 aromatic carbocycles. The van der Waals surface area contributed by atoms with Crippen molar-refractivity contribution in [1.29, 1.82) is 0 Å². The molecule has 0 atom stereocenters. The first-order valence-electron chi connectivity index (χ1n) is 8.61. The SMILES string of the molecule is COc1ccc(S(=O)(=O)N2CCC(NC(=O)c3ccccc3Cl)CC2)cc1. The summed E-state index contributed by atoms with van der Waals surface area (Å²) < 4.78 is 32.0. The summed E-state index contributed by atoms with van der Waals surface area (Å²) in [6.45, 7) is 0.698. The van der Waals surface area contributed by atoms with Crippen LogP contribution in [0, 0.1) is 0 Å². The van der Waals surface area contributed by atoms with Gasteiger partial charge in [0, 0.05) is 19.1 Å². The standard InChI is InChI=1S/C19H21ClN2O4S/c1-26-15-6-8-16(9-7-15)27(24,25)22-12-10-14(11-13-22)21-19(23)17-4-2-3-5-18(17)20/h2-9,14H,10-13H2,1H3,(H,21,23). The molecule has 0 spiro atoms. The minimum absolute atomic E-state index is 0.0870. The van der Waals surface area contributed by atoms with Crippen LogP contribution in [0.5, 0.6) is 5.75 Å². The Morgan fingerprint density at radius 2 is 1.74 bits per heavy atom. The van der Waals surface area contributed by atoms with Crippen molar-refractivity contribution in [3.05, 3.63) is 59.1 Å². The highest BCUT2D eigenvalue weighted by molar-refractivity contribution is 7.89. The number of rotatable bonds is 5. The topological polar surface area (TPSA) is 75.7 Å². The maximum atomic E-state index is 12.8. The van der Waals surface area contributed by atoms with Crippen molar-refractivity contribution in [2.75, 3.05) is 20.2 Å². The predicted molar refractivity (Wildman–Crippen MR) is 104 cm³/mol. The van der Waals surface area contributed by atoms with Crippen LogP contribution in [0.1, 0.15) is 23.2 Å². The molecular weight excluding hydrogens is 388 g/mol. The fourth-order valence-corrected chi connectivity index (χ4v) is 4.74. The molecule has 3 rings (SSSR count). The van der Waals surface area contributed by atoms with E-state index in [1.54, 1.807) is 48.5 Å². The number of nitrogens with one attached hydrogen (secondary N) is 1. The van der Waals surface area contributed by atoms with Crippen molar-refractivity contribution < 1.29 is 17.9 Å². The van der Waals surface area contributed by atoms with Crippen LogP contribution in [0.2, 0.25) is 5.02 Å². The van der Waals surface area contributed by atoms with E-state index >= 15 is 0 Å². The molecule has 0 bridgehead atoms. The van der Waals surface area contributed by atoms with Crippen molar-refractivity contribution in [2.45, 2.75) is 23.8 Å². The zero-order valence-electron chi connectivity index (χ0n) is 14.9. The quantitative estimate of drug-likeness (QED) is 0.825. The molecule has 1 aliphatic heterocycles. The Kier molecular flexibility index (Phi) is 6.04. The summed E-state index contributed by atoms with van der Waals surface area (Å²) >= 11 is 6.05. The Morgan fingerprint density at radius 3 is 2.33 bits per heavy atom. The summed E-state index contributed by atoms with van der Waals surface area (Å²) in [5.74, 6) is 0.368. The van der Waals surface area contributed by atoms with Gasteiger partial charge < -0.3 is 10.1 Å². The lowest BCUT2D eigenvalue weighted by Crippen LogP contribution is -2.46. The third-order valence-corrected chi connectivity index (χ3v) is 6.85. The molecule has 1 fully saturated rings. The third-order valence-electron chi connectivity index (χ3n) is 4.60. The van der Waals surface area contributed by atoms with Crippen molar-refractivity contribution in [1.82, 2.24) is 9.62 Å². The van der Waals surface area contributed by atoms with Crippen LogP contribution < -0.4 is 10.1 Å². The Labute approximate surface area is 164 Å². The largest absolute Gasteiger partial charge is 0.497 e. The molecule has 8 heteroatoms. The van der Waals surface area contributed by atoms with Crippen LogP contribution in [-0.4, -0.2) is 44.9 Å². The number of ether oxygens (including phenoxy) is 1. The number of carbonyl (C=O) groups excluding carboxylic acids is 1. The number of hydrogen-bond donors (Lipinski definition) is 1. The normalized spacial score (nSPS) is 16.1. The predicted octanol–water partition coefficient (Wildman–Crippen LogP) is 2.93. The Bertz CT molecular complexity index is 908. The molecule has 0 saturated carbocycles. The molecule has 27 heavy (non-hydrogen) atoms. The lowest BCUT2D eigenvalue weighted by molar-refractivity contribution is 0.0924. The smallest absolute Gasteiger partial charge is 0.253 e. The van der Waals surface area contributed by atoms with Crippen molar-refractivity contribution >= 4 is 27.5 Å². The monoisotopic (exact) mass is 408 g/mol. The van der Waals surface area contributed by atoms with Crippen molar-refractivity contribution in [3.63, 3.8) is 0 Å². The molecule has 2 aromatic rings.